The zero-order valence-corrected chi connectivity index (χ0v) is 9.45. The van der Waals surface area contributed by atoms with Crippen LogP contribution >= 0.6 is 22.9 Å². The van der Waals surface area contributed by atoms with Gasteiger partial charge in [0.05, 0.1) is 17.2 Å². The van der Waals surface area contributed by atoms with Crippen molar-refractivity contribution >= 4 is 22.9 Å². The number of hydrogen-bond donors (Lipinski definition) is 1. The summed E-state index contributed by atoms with van der Waals surface area (Å²) in [5.41, 5.74) is 0.196. The summed E-state index contributed by atoms with van der Waals surface area (Å²) in [6.07, 6.45) is 0. The third kappa shape index (κ3) is 2.07. The normalized spacial score (nSPS) is 10.8. The quantitative estimate of drug-likeness (QED) is 0.900. The van der Waals surface area contributed by atoms with Crippen LogP contribution < -0.4 is 0 Å². The average Bonchev–Trinajstić information content (AvgIpc) is 2.63. The molecule has 0 saturated carbocycles. The van der Waals surface area contributed by atoms with Crippen LogP contribution in [0.25, 0.3) is 11.3 Å². The molecule has 2 aromatic rings. The molecule has 0 aliphatic rings. The van der Waals surface area contributed by atoms with E-state index in [1.807, 2.05) is 0 Å². The van der Waals surface area contributed by atoms with Gasteiger partial charge in [-0.3, -0.25) is 0 Å². The van der Waals surface area contributed by atoms with E-state index in [-0.39, 0.29) is 22.3 Å². The van der Waals surface area contributed by atoms with Crippen molar-refractivity contribution in [1.29, 1.82) is 0 Å². The van der Waals surface area contributed by atoms with Gasteiger partial charge in [0.2, 0.25) is 0 Å². The molecule has 1 aromatic carbocycles. The molecule has 1 aromatic heterocycles. The lowest BCUT2D eigenvalue weighted by molar-refractivity contribution is 0.286. The standard InChI is InChI=1S/C10H6ClF2NOS/c11-10-14-9(8(4-15)16-10)6-3-5(12)1-2-7(6)13/h1-3,15H,4H2. The van der Waals surface area contributed by atoms with E-state index < -0.39 is 11.6 Å². The van der Waals surface area contributed by atoms with Crippen LogP contribution in [0, 0.1) is 11.6 Å². The molecule has 0 spiro atoms. The number of aliphatic hydroxyl groups is 1. The zero-order chi connectivity index (χ0) is 11.7. The lowest BCUT2D eigenvalue weighted by Gasteiger charge is -2.01. The van der Waals surface area contributed by atoms with Crippen LogP contribution in [0.4, 0.5) is 8.78 Å². The maximum absolute atomic E-state index is 13.5. The van der Waals surface area contributed by atoms with Gasteiger partial charge in [0, 0.05) is 5.56 Å². The molecular weight excluding hydrogens is 256 g/mol. The van der Waals surface area contributed by atoms with Gasteiger partial charge in [0.15, 0.2) is 4.47 Å². The lowest BCUT2D eigenvalue weighted by atomic mass is 10.1. The molecule has 1 heterocycles. The van der Waals surface area contributed by atoms with E-state index in [0.29, 0.717) is 4.88 Å². The fourth-order valence-electron chi connectivity index (χ4n) is 1.32. The van der Waals surface area contributed by atoms with Crippen LogP contribution in [-0.2, 0) is 6.61 Å². The van der Waals surface area contributed by atoms with E-state index >= 15 is 0 Å². The molecule has 0 aliphatic heterocycles. The minimum atomic E-state index is -0.599. The molecule has 0 radical (unpaired) electrons. The summed E-state index contributed by atoms with van der Waals surface area (Å²) < 4.78 is 26.6. The van der Waals surface area contributed by atoms with Gasteiger partial charge in [-0.05, 0) is 18.2 Å². The SMILES string of the molecule is OCc1sc(Cl)nc1-c1cc(F)ccc1F. The van der Waals surface area contributed by atoms with Crippen LogP contribution in [0.15, 0.2) is 18.2 Å². The van der Waals surface area contributed by atoms with Crippen molar-refractivity contribution in [2.45, 2.75) is 6.61 Å². The molecule has 0 fully saturated rings. The van der Waals surface area contributed by atoms with Crippen LogP contribution in [0.2, 0.25) is 4.47 Å². The van der Waals surface area contributed by atoms with Crippen molar-refractivity contribution < 1.29 is 13.9 Å². The molecule has 0 atom stereocenters. The van der Waals surface area contributed by atoms with E-state index in [0.717, 1.165) is 29.5 Å². The Hall–Kier alpha value is -1.04. The molecule has 1 N–H and O–H groups in total. The summed E-state index contributed by atoms with van der Waals surface area (Å²) in [6.45, 7) is -0.310. The van der Waals surface area contributed by atoms with Crippen LogP contribution in [0.1, 0.15) is 4.88 Å². The monoisotopic (exact) mass is 261 g/mol. The van der Waals surface area contributed by atoms with E-state index in [9.17, 15) is 8.78 Å². The van der Waals surface area contributed by atoms with E-state index in [1.54, 1.807) is 0 Å². The predicted molar refractivity (Wildman–Crippen MR) is 58.4 cm³/mol. The fourth-order valence-corrected chi connectivity index (χ4v) is 2.34. The van der Waals surface area contributed by atoms with Gasteiger partial charge in [-0.2, -0.15) is 0 Å². The molecule has 0 bridgehead atoms. The highest BCUT2D eigenvalue weighted by molar-refractivity contribution is 7.16. The number of hydrogen-bond acceptors (Lipinski definition) is 3. The summed E-state index contributed by atoms with van der Waals surface area (Å²) in [7, 11) is 0. The molecular formula is C10H6ClF2NOS. The van der Waals surface area contributed by atoms with Gasteiger partial charge >= 0.3 is 0 Å². The third-order valence-electron chi connectivity index (χ3n) is 2.00. The summed E-state index contributed by atoms with van der Waals surface area (Å²) in [6, 6.07) is 3.06. The van der Waals surface area contributed by atoms with Crippen molar-refractivity contribution in [1.82, 2.24) is 4.98 Å². The number of rotatable bonds is 2. The van der Waals surface area contributed by atoms with E-state index in [1.165, 1.54) is 0 Å². The second-order valence-electron chi connectivity index (χ2n) is 3.02. The highest BCUT2D eigenvalue weighted by atomic mass is 35.5. The Kier molecular flexibility index (Phi) is 3.18. The molecule has 0 unspecified atom stereocenters. The summed E-state index contributed by atoms with van der Waals surface area (Å²) in [4.78, 5) is 4.28. The Morgan fingerprint density at radius 2 is 2.12 bits per heavy atom. The number of thiazole rings is 1. The van der Waals surface area contributed by atoms with Crippen LogP contribution in [-0.4, -0.2) is 10.1 Å². The lowest BCUT2D eigenvalue weighted by Crippen LogP contribution is -1.90. The smallest absolute Gasteiger partial charge is 0.184 e. The molecule has 2 nitrogen and oxygen atoms in total. The van der Waals surface area contributed by atoms with Gasteiger partial charge < -0.3 is 5.11 Å². The molecule has 0 saturated heterocycles. The van der Waals surface area contributed by atoms with E-state index in [2.05, 4.69) is 4.98 Å². The second kappa shape index (κ2) is 4.45. The van der Waals surface area contributed by atoms with Gasteiger partial charge in [0.25, 0.3) is 0 Å². The Morgan fingerprint density at radius 1 is 1.38 bits per heavy atom. The molecule has 0 aliphatic carbocycles. The zero-order valence-electron chi connectivity index (χ0n) is 7.88. The first-order valence-electron chi connectivity index (χ1n) is 4.33. The second-order valence-corrected chi connectivity index (χ2v) is 4.69. The Balaban J connectivity index is 2.61. The molecule has 84 valence electrons. The highest BCUT2D eigenvalue weighted by Gasteiger charge is 2.15. The van der Waals surface area contributed by atoms with Gasteiger partial charge in [0.1, 0.15) is 11.6 Å². The maximum Gasteiger partial charge on any atom is 0.184 e. The number of aromatic nitrogens is 1. The number of halogens is 3. The highest BCUT2D eigenvalue weighted by Crippen LogP contribution is 2.32. The predicted octanol–water partition coefficient (Wildman–Crippen LogP) is 3.23. The first kappa shape index (κ1) is 11.4. The van der Waals surface area contributed by atoms with Crippen LogP contribution in [0.5, 0.6) is 0 Å². The molecule has 0 amide bonds. The largest absolute Gasteiger partial charge is 0.391 e. The molecule has 16 heavy (non-hydrogen) atoms. The maximum atomic E-state index is 13.5. The average molecular weight is 262 g/mol. The minimum absolute atomic E-state index is 0.00667. The van der Waals surface area contributed by atoms with Crippen molar-refractivity contribution in [2.75, 3.05) is 0 Å². The number of benzene rings is 1. The third-order valence-corrected chi connectivity index (χ3v) is 3.14. The Morgan fingerprint density at radius 3 is 2.81 bits per heavy atom. The summed E-state index contributed by atoms with van der Waals surface area (Å²) >= 11 is 6.71. The Bertz CT molecular complexity index is 530. The first-order chi connectivity index (χ1) is 7.61. The van der Waals surface area contributed by atoms with E-state index in [4.69, 9.17) is 16.7 Å². The van der Waals surface area contributed by atoms with Crippen molar-refractivity contribution in [2.24, 2.45) is 0 Å². The van der Waals surface area contributed by atoms with Crippen molar-refractivity contribution in [3.8, 4) is 11.3 Å². The van der Waals surface area contributed by atoms with Crippen molar-refractivity contribution in [3.63, 3.8) is 0 Å². The fraction of sp³-hybridized carbons (Fsp3) is 0.100. The van der Waals surface area contributed by atoms with Crippen molar-refractivity contribution in [3.05, 3.63) is 39.2 Å². The minimum Gasteiger partial charge on any atom is -0.391 e. The van der Waals surface area contributed by atoms with Gasteiger partial charge in [-0.15, -0.1) is 11.3 Å². The van der Waals surface area contributed by atoms with Gasteiger partial charge in [-0.25, -0.2) is 13.8 Å². The van der Waals surface area contributed by atoms with Crippen LogP contribution in [0.3, 0.4) is 0 Å². The summed E-state index contributed by atoms with van der Waals surface area (Å²) in [5, 5.41) is 9.05. The number of aliphatic hydroxyl groups excluding tert-OH is 1. The molecule has 2 rings (SSSR count). The topological polar surface area (TPSA) is 33.1 Å². The Labute approximate surface area is 99.1 Å². The molecule has 6 heteroatoms. The summed E-state index contributed by atoms with van der Waals surface area (Å²) in [5.74, 6) is -1.16. The first-order valence-corrected chi connectivity index (χ1v) is 5.52. The van der Waals surface area contributed by atoms with Gasteiger partial charge in [-0.1, -0.05) is 11.6 Å². The number of nitrogens with zero attached hydrogens (tertiary/aromatic N) is 1.